The summed E-state index contributed by atoms with van der Waals surface area (Å²) in [7, 11) is 3.26. The first kappa shape index (κ1) is 22.7. The monoisotopic (exact) mass is 489 g/mol. The highest BCUT2D eigenvalue weighted by atomic mass is 35.5. The van der Waals surface area contributed by atoms with E-state index in [9.17, 15) is 0 Å². The fourth-order valence-electron chi connectivity index (χ4n) is 3.65. The lowest BCUT2D eigenvalue weighted by Gasteiger charge is -2.17. The second-order valence-corrected chi connectivity index (χ2v) is 8.55. The van der Waals surface area contributed by atoms with Crippen LogP contribution >= 0.6 is 34.8 Å². The number of pyridine rings is 2. The van der Waals surface area contributed by atoms with Crippen molar-refractivity contribution >= 4 is 62.4 Å². The predicted molar refractivity (Wildman–Crippen MR) is 133 cm³/mol. The summed E-state index contributed by atoms with van der Waals surface area (Å²) in [6.07, 6.45) is 2.46. The van der Waals surface area contributed by atoms with E-state index in [0.717, 1.165) is 57.2 Å². The maximum Gasteiger partial charge on any atom is 0.131 e. The number of ether oxygens (including phenoxy) is 2. The van der Waals surface area contributed by atoms with Crippen LogP contribution in [-0.2, 0) is 0 Å². The first-order valence-electron chi connectivity index (χ1n) is 10.2. The van der Waals surface area contributed by atoms with E-state index in [2.05, 4.69) is 14.9 Å². The van der Waals surface area contributed by atoms with Crippen molar-refractivity contribution in [2.45, 2.75) is 12.8 Å². The van der Waals surface area contributed by atoms with E-state index in [1.807, 2.05) is 36.4 Å². The van der Waals surface area contributed by atoms with Crippen LogP contribution in [0.3, 0.4) is 0 Å². The van der Waals surface area contributed by atoms with Gasteiger partial charge in [-0.3, -0.25) is 0 Å². The fraction of sp³-hybridized carbons (Fsp3) is 0.250. The van der Waals surface area contributed by atoms with Crippen molar-refractivity contribution in [3.8, 4) is 11.5 Å². The molecule has 0 bridgehead atoms. The molecule has 0 unspecified atom stereocenters. The Labute approximate surface area is 201 Å². The summed E-state index contributed by atoms with van der Waals surface area (Å²) in [6, 6.07) is 14.9. The molecule has 2 aromatic carbocycles. The molecule has 0 atom stereocenters. The molecular weight excluding hydrogens is 469 g/mol. The van der Waals surface area contributed by atoms with E-state index in [1.54, 1.807) is 26.4 Å². The molecular formula is C24H22Cl3N3O2. The van der Waals surface area contributed by atoms with Crippen LogP contribution in [0.25, 0.3) is 21.8 Å². The zero-order valence-corrected chi connectivity index (χ0v) is 20.0. The van der Waals surface area contributed by atoms with Gasteiger partial charge in [-0.05, 0) is 49.2 Å². The van der Waals surface area contributed by atoms with Gasteiger partial charge in [-0.1, -0.05) is 34.8 Å². The van der Waals surface area contributed by atoms with Gasteiger partial charge in [0.1, 0.15) is 22.5 Å². The number of nitrogens with zero attached hydrogens (tertiary/aromatic N) is 3. The minimum absolute atomic E-state index is 0.385. The number of aromatic nitrogens is 2. The molecule has 4 aromatic rings. The molecule has 0 spiro atoms. The molecule has 5 rings (SSSR count). The Kier molecular flexibility index (Phi) is 7.09. The highest BCUT2D eigenvalue weighted by molar-refractivity contribution is 6.37. The molecule has 32 heavy (non-hydrogen) atoms. The Balaban J connectivity index is 0.000000158. The second kappa shape index (κ2) is 9.99. The van der Waals surface area contributed by atoms with Crippen LogP contribution in [0.1, 0.15) is 12.8 Å². The number of halogens is 3. The number of hydrogen-bond acceptors (Lipinski definition) is 5. The van der Waals surface area contributed by atoms with Gasteiger partial charge in [-0.15, -0.1) is 0 Å². The molecule has 0 aliphatic carbocycles. The molecule has 8 heteroatoms. The summed E-state index contributed by atoms with van der Waals surface area (Å²) in [6.45, 7) is 2.14. The first-order valence-corrected chi connectivity index (χ1v) is 11.3. The third-order valence-electron chi connectivity index (χ3n) is 5.32. The summed E-state index contributed by atoms with van der Waals surface area (Å²) in [4.78, 5) is 11.1. The Morgan fingerprint density at radius 3 is 1.81 bits per heavy atom. The highest BCUT2D eigenvalue weighted by Gasteiger charge is 2.15. The molecule has 0 N–H and O–H groups in total. The number of anilines is 1. The van der Waals surface area contributed by atoms with Gasteiger partial charge in [-0.25, -0.2) is 9.97 Å². The minimum atomic E-state index is 0.385. The molecule has 1 fully saturated rings. The first-order chi connectivity index (χ1) is 15.5. The van der Waals surface area contributed by atoms with Crippen molar-refractivity contribution in [1.29, 1.82) is 0 Å². The number of fused-ring (bicyclic) bond motifs is 2. The molecule has 0 radical (unpaired) electrons. The molecule has 5 nitrogen and oxygen atoms in total. The van der Waals surface area contributed by atoms with Crippen LogP contribution in [0, 0.1) is 0 Å². The van der Waals surface area contributed by atoms with E-state index in [-0.39, 0.29) is 0 Å². The van der Waals surface area contributed by atoms with Crippen LogP contribution in [0.4, 0.5) is 5.82 Å². The van der Waals surface area contributed by atoms with Crippen LogP contribution in [0.5, 0.6) is 11.5 Å². The summed E-state index contributed by atoms with van der Waals surface area (Å²) in [5, 5.41) is 3.58. The van der Waals surface area contributed by atoms with Crippen molar-refractivity contribution in [3.63, 3.8) is 0 Å². The SMILES string of the molecule is COc1ccc2c(Cl)cc(Cl)nc2c1.COc1ccc2c(Cl)cc(N3CCCC3)nc2c1. The maximum absolute atomic E-state index is 6.33. The van der Waals surface area contributed by atoms with E-state index in [1.165, 1.54) is 12.8 Å². The average molecular weight is 491 g/mol. The lowest BCUT2D eigenvalue weighted by Crippen LogP contribution is -2.18. The maximum atomic E-state index is 6.33. The Morgan fingerprint density at radius 1 is 0.719 bits per heavy atom. The summed E-state index contributed by atoms with van der Waals surface area (Å²) >= 11 is 18.1. The van der Waals surface area contributed by atoms with Gasteiger partial charge in [0.15, 0.2) is 0 Å². The van der Waals surface area contributed by atoms with Crippen LogP contribution in [0.15, 0.2) is 48.5 Å². The van der Waals surface area contributed by atoms with E-state index in [0.29, 0.717) is 10.2 Å². The fourth-order valence-corrected chi connectivity index (χ4v) is 4.43. The van der Waals surface area contributed by atoms with Crippen molar-refractivity contribution in [2.75, 3.05) is 32.2 Å². The summed E-state index contributed by atoms with van der Waals surface area (Å²) < 4.78 is 10.3. The third kappa shape index (κ3) is 4.96. The van der Waals surface area contributed by atoms with Crippen molar-refractivity contribution in [3.05, 3.63) is 63.7 Å². The molecule has 3 heterocycles. The van der Waals surface area contributed by atoms with Gasteiger partial charge in [0, 0.05) is 36.0 Å². The Bertz CT molecular complexity index is 1260. The molecule has 0 amide bonds. The summed E-state index contributed by atoms with van der Waals surface area (Å²) in [5.74, 6) is 2.52. The Hall–Kier alpha value is -2.47. The number of benzene rings is 2. The van der Waals surface area contributed by atoms with Crippen LogP contribution < -0.4 is 14.4 Å². The minimum Gasteiger partial charge on any atom is -0.497 e. The van der Waals surface area contributed by atoms with Gasteiger partial charge >= 0.3 is 0 Å². The quantitative estimate of drug-likeness (QED) is 0.288. The van der Waals surface area contributed by atoms with Crippen molar-refractivity contribution < 1.29 is 9.47 Å². The van der Waals surface area contributed by atoms with Gasteiger partial charge < -0.3 is 14.4 Å². The van der Waals surface area contributed by atoms with Gasteiger partial charge in [0.05, 0.1) is 35.3 Å². The largest absolute Gasteiger partial charge is 0.497 e. The average Bonchev–Trinajstić information content (AvgIpc) is 3.33. The third-order valence-corrected chi connectivity index (χ3v) is 6.14. The van der Waals surface area contributed by atoms with Crippen molar-refractivity contribution in [1.82, 2.24) is 9.97 Å². The smallest absolute Gasteiger partial charge is 0.131 e. The lowest BCUT2D eigenvalue weighted by molar-refractivity contribution is 0.415. The number of rotatable bonds is 3. The topological polar surface area (TPSA) is 47.5 Å². The molecule has 0 saturated carbocycles. The molecule has 166 valence electrons. The lowest BCUT2D eigenvalue weighted by atomic mass is 10.2. The molecule has 1 aliphatic rings. The standard InChI is InChI=1S/C14H15ClN2O.C10H7Cl2NO/c1-18-10-4-5-11-12(15)9-14(16-13(11)8-10)17-6-2-3-7-17;1-14-6-2-3-7-8(11)5-10(12)13-9(7)4-6/h4-5,8-9H,2-3,6-7H2,1H3;2-5H,1H3. The molecule has 1 saturated heterocycles. The summed E-state index contributed by atoms with van der Waals surface area (Å²) in [5.41, 5.74) is 1.63. The van der Waals surface area contributed by atoms with E-state index < -0.39 is 0 Å². The second-order valence-electron chi connectivity index (χ2n) is 7.35. The predicted octanol–water partition coefficient (Wildman–Crippen LogP) is 7.05. The van der Waals surface area contributed by atoms with Gasteiger partial charge in [-0.2, -0.15) is 0 Å². The Morgan fingerprint density at radius 2 is 1.25 bits per heavy atom. The van der Waals surface area contributed by atoms with Crippen LogP contribution in [-0.4, -0.2) is 37.3 Å². The number of methoxy groups -OCH3 is 2. The van der Waals surface area contributed by atoms with Gasteiger partial charge in [0.25, 0.3) is 0 Å². The normalized spacial score (nSPS) is 13.2. The van der Waals surface area contributed by atoms with Crippen molar-refractivity contribution in [2.24, 2.45) is 0 Å². The highest BCUT2D eigenvalue weighted by Crippen LogP contribution is 2.31. The van der Waals surface area contributed by atoms with Crippen LogP contribution in [0.2, 0.25) is 15.2 Å². The molecule has 2 aromatic heterocycles. The number of hydrogen-bond donors (Lipinski definition) is 0. The van der Waals surface area contributed by atoms with E-state index in [4.69, 9.17) is 44.3 Å². The zero-order valence-electron chi connectivity index (χ0n) is 17.7. The van der Waals surface area contributed by atoms with E-state index >= 15 is 0 Å². The molecule has 1 aliphatic heterocycles. The van der Waals surface area contributed by atoms with Gasteiger partial charge in [0.2, 0.25) is 0 Å². The zero-order chi connectivity index (χ0) is 22.7.